The molecule has 1 N–H and O–H groups in total. The first-order valence-corrected chi connectivity index (χ1v) is 6.14. The van der Waals surface area contributed by atoms with Crippen molar-refractivity contribution >= 4 is 11.5 Å². The second-order valence-corrected chi connectivity index (χ2v) is 4.30. The van der Waals surface area contributed by atoms with Gasteiger partial charge in [0.15, 0.2) is 5.78 Å². The van der Waals surface area contributed by atoms with E-state index >= 15 is 0 Å². The highest BCUT2D eigenvalue weighted by molar-refractivity contribution is 5.94. The maximum Gasteiger partial charge on any atom is 0.159 e. The van der Waals surface area contributed by atoms with Gasteiger partial charge in [-0.2, -0.15) is 0 Å². The molecule has 0 saturated carbocycles. The largest absolute Gasteiger partial charge is 0.385 e. The molecule has 0 saturated heterocycles. The fourth-order valence-corrected chi connectivity index (χ4v) is 1.84. The molecule has 2 aromatic rings. The molecule has 0 amide bonds. The molecule has 92 valence electrons. The van der Waals surface area contributed by atoms with Crippen molar-refractivity contribution in [3.8, 4) is 0 Å². The van der Waals surface area contributed by atoms with Gasteiger partial charge in [-0.1, -0.05) is 42.5 Å². The molecule has 2 aromatic carbocycles. The highest BCUT2D eigenvalue weighted by Crippen LogP contribution is 2.11. The first kappa shape index (κ1) is 12.4. The molecule has 0 spiro atoms. The third kappa shape index (κ3) is 3.45. The van der Waals surface area contributed by atoms with E-state index in [9.17, 15) is 4.79 Å². The van der Waals surface area contributed by atoms with Crippen molar-refractivity contribution in [2.24, 2.45) is 0 Å². The summed E-state index contributed by atoms with van der Waals surface area (Å²) in [5.74, 6) is 0.0988. The van der Waals surface area contributed by atoms with Crippen molar-refractivity contribution < 1.29 is 4.79 Å². The van der Waals surface area contributed by atoms with Gasteiger partial charge >= 0.3 is 0 Å². The quantitative estimate of drug-likeness (QED) is 0.808. The van der Waals surface area contributed by atoms with Gasteiger partial charge in [0.05, 0.1) is 0 Å². The lowest BCUT2D eigenvalue weighted by atomic mass is 10.1. The van der Waals surface area contributed by atoms with Gasteiger partial charge in [-0.15, -0.1) is 0 Å². The maximum absolute atomic E-state index is 11.3. The average Bonchev–Trinajstić information content (AvgIpc) is 2.40. The van der Waals surface area contributed by atoms with Gasteiger partial charge in [0, 0.05) is 17.8 Å². The topological polar surface area (TPSA) is 29.1 Å². The van der Waals surface area contributed by atoms with Gasteiger partial charge in [0.25, 0.3) is 0 Å². The molecule has 0 atom stereocenters. The van der Waals surface area contributed by atoms with Crippen molar-refractivity contribution in [1.29, 1.82) is 0 Å². The number of hydrogen-bond acceptors (Lipinski definition) is 2. The number of carbonyl (C=O) groups is 1. The van der Waals surface area contributed by atoms with Gasteiger partial charge in [-0.3, -0.25) is 4.79 Å². The predicted octanol–water partition coefficient (Wildman–Crippen LogP) is 3.54. The molecule has 0 aliphatic rings. The monoisotopic (exact) mass is 239 g/mol. The number of ketones is 1. The molecular formula is C16H17NO. The summed E-state index contributed by atoms with van der Waals surface area (Å²) in [6, 6.07) is 18.0. The standard InChI is InChI=1S/C16H17NO/c1-13(18)15-8-5-9-16(12-15)17-11-10-14-6-3-2-4-7-14/h2-9,12,17H,10-11H2,1H3. The fraction of sp³-hybridized carbons (Fsp3) is 0.188. The Balaban J connectivity index is 1.90. The molecule has 0 aromatic heterocycles. The Bertz CT molecular complexity index is 520. The number of nitrogens with one attached hydrogen (secondary N) is 1. The summed E-state index contributed by atoms with van der Waals surface area (Å²) >= 11 is 0. The lowest BCUT2D eigenvalue weighted by Gasteiger charge is -2.07. The SMILES string of the molecule is CC(=O)c1cccc(NCCc2ccccc2)c1. The van der Waals surface area contributed by atoms with E-state index in [1.54, 1.807) is 6.92 Å². The molecule has 0 aliphatic carbocycles. The van der Waals surface area contributed by atoms with E-state index in [0.717, 1.165) is 24.2 Å². The summed E-state index contributed by atoms with van der Waals surface area (Å²) in [7, 11) is 0. The summed E-state index contributed by atoms with van der Waals surface area (Å²) < 4.78 is 0. The summed E-state index contributed by atoms with van der Waals surface area (Å²) in [4.78, 5) is 11.3. The van der Waals surface area contributed by atoms with E-state index in [1.165, 1.54) is 5.56 Å². The highest BCUT2D eigenvalue weighted by Gasteiger charge is 1.99. The second-order valence-electron chi connectivity index (χ2n) is 4.30. The van der Waals surface area contributed by atoms with Crippen LogP contribution >= 0.6 is 0 Å². The Labute approximate surface area is 108 Å². The highest BCUT2D eigenvalue weighted by atomic mass is 16.1. The van der Waals surface area contributed by atoms with Crippen LogP contribution in [0.5, 0.6) is 0 Å². The Kier molecular flexibility index (Phi) is 4.13. The van der Waals surface area contributed by atoms with Crippen LogP contribution in [-0.2, 0) is 6.42 Å². The number of rotatable bonds is 5. The fourth-order valence-electron chi connectivity index (χ4n) is 1.84. The zero-order chi connectivity index (χ0) is 12.8. The molecule has 0 heterocycles. The maximum atomic E-state index is 11.3. The van der Waals surface area contributed by atoms with E-state index in [1.807, 2.05) is 42.5 Å². The van der Waals surface area contributed by atoms with Crippen LogP contribution in [0.3, 0.4) is 0 Å². The van der Waals surface area contributed by atoms with Crippen LogP contribution < -0.4 is 5.32 Å². The average molecular weight is 239 g/mol. The third-order valence-electron chi connectivity index (χ3n) is 2.85. The molecule has 0 bridgehead atoms. The molecule has 2 rings (SSSR count). The van der Waals surface area contributed by atoms with Gasteiger partial charge in [0.1, 0.15) is 0 Å². The normalized spacial score (nSPS) is 10.1. The van der Waals surface area contributed by atoms with Gasteiger partial charge in [-0.25, -0.2) is 0 Å². The molecule has 0 unspecified atom stereocenters. The Morgan fingerprint density at radius 2 is 1.83 bits per heavy atom. The van der Waals surface area contributed by atoms with Crippen molar-refractivity contribution in [1.82, 2.24) is 0 Å². The number of carbonyl (C=O) groups excluding carboxylic acids is 1. The van der Waals surface area contributed by atoms with Crippen molar-refractivity contribution in [2.75, 3.05) is 11.9 Å². The van der Waals surface area contributed by atoms with E-state index in [2.05, 4.69) is 17.4 Å². The smallest absolute Gasteiger partial charge is 0.159 e. The van der Waals surface area contributed by atoms with Crippen LogP contribution in [0.2, 0.25) is 0 Å². The first-order valence-electron chi connectivity index (χ1n) is 6.14. The van der Waals surface area contributed by atoms with E-state index < -0.39 is 0 Å². The van der Waals surface area contributed by atoms with Gasteiger partial charge in [0.2, 0.25) is 0 Å². The molecule has 2 nitrogen and oxygen atoms in total. The van der Waals surface area contributed by atoms with Crippen LogP contribution in [0.4, 0.5) is 5.69 Å². The van der Waals surface area contributed by atoms with Crippen LogP contribution in [0.1, 0.15) is 22.8 Å². The van der Waals surface area contributed by atoms with Crippen LogP contribution in [0.15, 0.2) is 54.6 Å². The van der Waals surface area contributed by atoms with Crippen LogP contribution in [0, 0.1) is 0 Å². The summed E-state index contributed by atoms with van der Waals surface area (Å²) in [5.41, 5.74) is 3.06. The molecule has 0 radical (unpaired) electrons. The molecule has 0 aliphatic heterocycles. The van der Waals surface area contributed by atoms with Crippen LogP contribution in [-0.4, -0.2) is 12.3 Å². The zero-order valence-electron chi connectivity index (χ0n) is 10.5. The summed E-state index contributed by atoms with van der Waals surface area (Å²) in [6.45, 7) is 2.45. The minimum Gasteiger partial charge on any atom is -0.385 e. The lowest BCUT2D eigenvalue weighted by Crippen LogP contribution is -2.05. The van der Waals surface area contributed by atoms with E-state index in [-0.39, 0.29) is 5.78 Å². The number of anilines is 1. The van der Waals surface area contributed by atoms with Gasteiger partial charge < -0.3 is 5.32 Å². The second kappa shape index (κ2) is 6.01. The lowest BCUT2D eigenvalue weighted by molar-refractivity contribution is 0.101. The van der Waals surface area contributed by atoms with E-state index in [4.69, 9.17) is 0 Å². The minimum absolute atomic E-state index is 0.0988. The summed E-state index contributed by atoms with van der Waals surface area (Å²) in [6.07, 6.45) is 0.977. The molecule has 18 heavy (non-hydrogen) atoms. The molecular weight excluding hydrogens is 222 g/mol. The minimum atomic E-state index is 0.0988. The molecule has 2 heteroatoms. The number of hydrogen-bond donors (Lipinski definition) is 1. The molecule has 0 fully saturated rings. The van der Waals surface area contributed by atoms with Crippen molar-refractivity contribution in [3.05, 3.63) is 65.7 Å². The van der Waals surface area contributed by atoms with Gasteiger partial charge in [-0.05, 0) is 31.0 Å². The van der Waals surface area contributed by atoms with E-state index in [0.29, 0.717) is 0 Å². The third-order valence-corrected chi connectivity index (χ3v) is 2.85. The zero-order valence-corrected chi connectivity index (χ0v) is 10.5. The van der Waals surface area contributed by atoms with Crippen molar-refractivity contribution in [2.45, 2.75) is 13.3 Å². The first-order chi connectivity index (χ1) is 8.75. The Hall–Kier alpha value is -2.09. The Morgan fingerprint density at radius 1 is 1.06 bits per heavy atom. The number of Topliss-reactive ketones (excluding diaryl/α,β-unsaturated/α-hetero) is 1. The number of benzene rings is 2. The summed E-state index contributed by atoms with van der Waals surface area (Å²) in [5, 5.41) is 3.34. The van der Waals surface area contributed by atoms with Crippen molar-refractivity contribution in [3.63, 3.8) is 0 Å². The Morgan fingerprint density at radius 3 is 2.56 bits per heavy atom. The van der Waals surface area contributed by atoms with Crippen LogP contribution in [0.25, 0.3) is 0 Å². The predicted molar refractivity (Wildman–Crippen MR) is 75.1 cm³/mol.